The normalized spacial score (nSPS) is 16.8. The fourth-order valence-electron chi connectivity index (χ4n) is 4.00. The number of hydrogen-bond donors (Lipinski definition) is 0. The molecule has 0 amide bonds. The Bertz CT molecular complexity index is 700. The Morgan fingerprint density at radius 3 is 2.38 bits per heavy atom. The molecule has 0 spiro atoms. The summed E-state index contributed by atoms with van der Waals surface area (Å²) in [5.74, 6) is 1.37. The van der Waals surface area contributed by atoms with Crippen molar-refractivity contribution in [3.05, 3.63) is 70.3 Å². The summed E-state index contributed by atoms with van der Waals surface area (Å²) in [6.45, 7) is 11.6. The first-order valence-corrected chi connectivity index (χ1v) is 9.57. The van der Waals surface area contributed by atoms with E-state index < -0.39 is 0 Å². The highest BCUT2D eigenvalue weighted by Crippen LogP contribution is 2.41. The van der Waals surface area contributed by atoms with Gasteiger partial charge in [-0.05, 0) is 52.0 Å². The lowest BCUT2D eigenvalue weighted by atomic mass is 9.73. The van der Waals surface area contributed by atoms with Crippen LogP contribution in [0.3, 0.4) is 0 Å². The molecule has 2 aromatic carbocycles. The summed E-state index contributed by atoms with van der Waals surface area (Å²) in [6, 6.07) is 16.3. The minimum atomic E-state index is 0.217. The number of hydrogen-bond acceptors (Lipinski definition) is 0. The fraction of sp³-hybridized carbons (Fsp3) is 0.500. The van der Waals surface area contributed by atoms with Crippen LogP contribution in [0.15, 0.2) is 42.5 Å². The maximum atomic E-state index is 2.51. The van der Waals surface area contributed by atoms with Crippen molar-refractivity contribution in [2.45, 2.75) is 71.6 Å². The summed E-state index contributed by atoms with van der Waals surface area (Å²) in [4.78, 5) is 0. The topological polar surface area (TPSA) is 0 Å². The molecular formula is C24H32. The van der Waals surface area contributed by atoms with Gasteiger partial charge in [-0.15, -0.1) is 0 Å². The number of benzene rings is 2. The van der Waals surface area contributed by atoms with Crippen LogP contribution >= 0.6 is 0 Å². The predicted molar refractivity (Wildman–Crippen MR) is 105 cm³/mol. The maximum Gasteiger partial charge on any atom is 0.00951 e. The van der Waals surface area contributed by atoms with Crippen LogP contribution in [0.2, 0.25) is 0 Å². The van der Waals surface area contributed by atoms with Crippen molar-refractivity contribution in [1.82, 2.24) is 0 Å². The van der Waals surface area contributed by atoms with E-state index in [0.29, 0.717) is 5.92 Å². The van der Waals surface area contributed by atoms with E-state index in [2.05, 4.69) is 77.1 Å². The molecule has 1 aliphatic carbocycles. The molecule has 0 aromatic heterocycles. The largest absolute Gasteiger partial charge is 0.0628 e. The first-order chi connectivity index (χ1) is 11.4. The van der Waals surface area contributed by atoms with Crippen molar-refractivity contribution >= 4 is 0 Å². The second-order valence-electron chi connectivity index (χ2n) is 8.92. The first-order valence-electron chi connectivity index (χ1n) is 9.57. The molecule has 1 unspecified atom stereocenters. The summed E-state index contributed by atoms with van der Waals surface area (Å²) in [5, 5.41) is 0. The molecule has 3 rings (SSSR count). The van der Waals surface area contributed by atoms with E-state index in [-0.39, 0.29) is 5.41 Å². The van der Waals surface area contributed by atoms with Crippen LogP contribution in [0.4, 0.5) is 0 Å². The zero-order valence-corrected chi connectivity index (χ0v) is 16.0. The third-order valence-corrected chi connectivity index (χ3v) is 5.47. The van der Waals surface area contributed by atoms with Crippen molar-refractivity contribution in [3.63, 3.8) is 0 Å². The summed E-state index contributed by atoms with van der Waals surface area (Å²) in [6.07, 6.45) is 5.01. The Hall–Kier alpha value is -1.56. The summed E-state index contributed by atoms with van der Waals surface area (Å²) < 4.78 is 0. The highest BCUT2D eigenvalue weighted by Gasteiger charge is 2.26. The highest BCUT2D eigenvalue weighted by atomic mass is 14.3. The molecule has 1 atom stereocenters. The van der Waals surface area contributed by atoms with Crippen molar-refractivity contribution in [2.75, 3.05) is 0 Å². The quantitative estimate of drug-likeness (QED) is 0.578. The van der Waals surface area contributed by atoms with Gasteiger partial charge in [0, 0.05) is 5.92 Å². The van der Waals surface area contributed by atoms with E-state index in [1.54, 1.807) is 11.1 Å². The Kier molecular flexibility index (Phi) is 4.85. The van der Waals surface area contributed by atoms with Crippen LogP contribution in [0.1, 0.15) is 87.6 Å². The molecule has 1 aliphatic rings. The van der Waals surface area contributed by atoms with Crippen LogP contribution in [0.5, 0.6) is 0 Å². The molecule has 0 radical (unpaired) electrons. The fourth-order valence-corrected chi connectivity index (χ4v) is 4.00. The highest BCUT2D eigenvalue weighted by molar-refractivity contribution is 5.51. The average Bonchev–Trinajstić information content (AvgIpc) is 2.52. The third kappa shape index (κ3) is 3.58. The van der Waals surface area contributed by atoms with Gasteiger partial charge in [0.05, 0.1) is 0 Å². The Balaban J connectivity index is 1.99. The molecule has 0 heteroatoms. The second kappa shape index (κ2) is 6.75. The zero-order chi connectivity index (χ0) is 17.3. The monoisotopic (exact) mass is 320 g/mol. The molecule has 0 heterocycles. The van der Waals surface area contributed by atoms with Crippen LogP contribution < -0.4 is 0 Å². The van der Waals surface area contributed by atoms with Gasteiger partial charge < -0.3 is 0 Å². The van der Waals surface area contributed by atoms with E-state index in [0.717, 1.165) is 12.3 Å². The van der Waals surface area contributed by atoms with Crippen LogP contribution in [-0.2, 0) is 11.8 Å². The second-order valence-corrected chi connectivity index (χ2v) is 8.92. The molecule has 0 saturated carbocycles. The van der Waals surface area contributed by atoms with Crippen molar-refractivity contribution < 1.29 is 0 Å². The lowest BCUT2D eigenvalue weighted by molar-refractivity contribution is 0.516. The number of fused-ring (bicyclic) bond motifs is 2. The molecule has 0 aliphatic heterocycles. The minimum absolute atomic E-state index is 0.217. The summed E-state index contributed by atoms with van der Waals surface area (Å²) in [7, 11) is 0. The van der Waals surface area contributed by atoms with Crippen LogP contribution in [0, 0.1) is 5.92 Å². The van der Waals surface area contributed by atoms with E-state index in [1.165, 1.54) is 36.0 Å². The molecule has 2 aromatic rings. The lowest BCUT2D eigenvalue weighted by Crippen LogP contribution is -2.17. The van der Waals surface area contributed by atoms with Gasteiger partial charge in [0.1, 0.15) is 0 Å². The number of rotatable bonds is 4. The Morgan fingerprint density at radius 2 is 1.67 bits per heavy atom. The zero-order valence-electron chi connectivity index (χ0n) is 16.0. The molecule has 0 fully saturated rings. The third-order valence-electron chi connectivity index (χ3n) is 5.47. The van der Waals surface area contributed by atoms with Gasteiger partial charge in [-0.2, -0.15) is 0 Å². The average molecular weight is 321 g/mol. The predicted octanol–water partition coefficient (Wildman–Crippen LogP) is 6.85. The van der Waals surface area contributed by atoms with Gasteiger partial charge in [-0.25, -0.2) is 0 Å². The molecule has 0 saturated heterocycles. The van der Waals surface area contributed by atoms with E-state index in [9.17, 15) is 0 Å². The van der Waals surface area contributed by atoms with Crippen LogP contribution in [0.25, 0.3) is 0 Å². The van der Waals surface area contributed by atoms with Crippen molar-refractivity contribution in [2.24, 2.45) is 5.92 Å². The smallest absolute Gasteiger partial charge is 0.00951 e. The van der Waals surface area contributed by atoms with Gasteiger partial charge in [0.15, 0.2) is 0 Å². The lowest BCUT2D eigenvalue weighted by Gasteiger charge is -2.31. The molecule has 0 bridgehead atoms. The molecule has 0 N–H and O–H groups in total. The standard InChI is InChI=1S/C24H32/c1-17(2)9-8-12-22-21-11-7-6-10-18(21)15-19-13-14-20(16-23(19)22)24(3,4)5/h6-7,10-11,13-14,16-17,22H,8-9,12,15H2,1-5H3. The van der Waals surface area contributed by atoms with E-state index in [1.807, 2.05) is 0 Å². The Morgan fingerprint density at radius 1 is 0.958 bits per heavy atom. The first kappa shape index (κ1) is 17.3. The van der Waals surface area contributed by atoms with Gasteiger partial charge in [-0.1, -0.05) is 89.9 Å². The minimum Gasteiger partial charge on any atom is -0.0628 e. The van der Waals surface area contributed by atoms with Gasteiger partial charge in [0.25, 0.3) is 0 Å². The van der Waals surface area contributed by atoms with Gasteiger partial charge in [-0.3, -0.25) is 0 Å². The SMILES string of the molecule is CC(C)CCCC1c2ccccc2Cc2ccc(C(C)(C)C)cc21. The molecule has 128 valence electrons. The van der Waals surface area contributed by atoms with Gasteiger partial charge >= 0.3 is 0 Å². The summed E-state index contributed by atoms with van der Waals surface area (Å²) >= 11 is 0. The molecular weight excluding hydrogens is 288 g/mol. The van der Waals surface area contributed by atoms with E-state index in [4.69, 9.17) is 0 Å². The Labute approximate surface area is 148 Å². The van der Waals surface area contributed by atoms with Crippen molar-refractivity contribution in [3.8, 4) is 0 Å². The molecule has 0 nitrogen and oxygen atoms in total. The summed E-state index contributed by atoms with van der Waals surface area (Å²) in [5.41, 5.74) is 7.91. The molecule has 24 heavy (non-hydrogen) atoms. The van der Waals surface area contributed by atoms with Crippen molar-refractivity contribution in [1.29, 1.82) is 0 Å². The maximum absolute atomic E-state index is 2.51. The van der Waals surface area contributed by atoms with Gasteiger partial charge in [0.2, 0.25) is 0 Å². The van der Waals surface area contributed by atoms with E-state index >= 15 is 0 Å². The van der Waals surface area contributed by atoms with Crippen LogP contribution in [-0.4, -0.2) is 0 Å².